The van der Waals surface area contributed by atoms with Crippen molar-refractivity contribution in [2.45, 2.75) is 39.2 Å². The normalized spacial score (nSPS) is 17.2. The molecular formula is C24H24N6O3. The molecular weight excluding hydrogens is 420 g/mol. The van der Waals surface area contributed by atoms with E-state index in [2.05, 4.69) is 27.7 Å². The average molecular weight is 444 g/mol. The lowest BCUT2D eigenvalue weighted by Gasteiger charge is -2.19. The maximum Gasteiger partial charge on any atom is 0.260 e. The standard InChI is InChI=1S/C24H24N6O3/c1-14-7-3-4-12-25-21(31)16-8-5-9-17(13-16)22(32)28-24-27-19-11-6-10-18(20(19)30(14)24)23-26-15(2)29-33-23/h5-6,8-11,13-14H,3-4,7,12H2,1-2H3,(H,25,31)(H,27,28,32)/t14-/m0/s1. The number of hydrogen-bond donors (Lipinski definition) is 2. The van der Waals surface area contributed by atoms with Crippen LogP contribution in [0.4, 0.5) is 5.95 Å². The number of benzene rings is 2. The summed E-state index contributed by atoms with van der Waals surface area (Å²) < 4.78 is 7.49. The van der Waals surface area contributed by atoms with Gasteiger partial charge in [-0.1, -0.05) is 17.3 Å². The monoisotopic (exact) mass is 444 g/mol. The topological polar surface area (TPSA) is 115 Å². The van der Waals surface area contributed by atoms with Crippen LogP contribution in [-0.2, 0) is 0 Å². The largest absolute Gasteiger partial charge is 0.352 e. The van der Waals surface area contributed by atoms with Crippen LogP contribution in [-0.4, -0.2) is 38.1 Å². The molecule has 2 bridgehead atoms. The molecule has 9 nitrogen and oxygen atoms in total. The number of para-hydroxylation sites is 1. The van der Waals surface area contributed by atoms with Crippen molar-refractivity contribution in [2.24, 2.45) is 0 Å². The van der Waals surface area contributed by atoms with E-state index in [0.29, 0.717) is 35.3 Å². The van der Waals surface area contributed by atoms with Crippen molar-refractivity contribution in [3.8, 4) is 11.5 Å². The molecule has 0 spiro atoms. The minimum Gasteiger partial charge on any atom is -0.352 e. The number of carbonyl (C=O) groups is 2. The molecule has 0 radical (unpaired) electrons. The highest BCUT2D eigenvalue weighted by Crippen LogP contribution is 2.34. The zero-order valence-electron chi connectivity index (χ0n) is 18.5. The van der Waals surface area contributed by atoms with E-state index >= 15 is 0 Å². The third-order valence-electron chi connectivity index (χ3n) is 5.86. The fourth-order valence-electron chi connectivity index (χ4n) is 4.22. The van der Waals surface area contributed by atoms with E-state index in [1.807, 2.05) is 22.8 Å². The number of rotatable bonds is 1. The van der Waals surface area contributed by atoms with Gasteiger partial charge in [-0.25, -0.2) is 4.98 Å². The first-order valence-corrected chi connectivity index (χ1v) is 11.0. The number of fused-ring (bicyclic) bond motifs is 5. The Balaban J connectivity index is 1.65. The molecule has 0 saturated heterocycles. The van der Waals surface area contributed by atoms with Gasteiger partial charge in [-0.2, -0.15) is 4.98 Å². The molecule has 5 rings (SSSR count). The predicted molar refractivity (Wildman–Crippen MR) is 123 cm³/mol. The van der Waals surface area contributed by atoms with Gasteiger partial charge in [0.25, 0.3) is 17.7 Å². The first kappa shape index (κ1) is 20.9. The fourth-order valence-corrected chi connectivity index (χ4v) is 4.22. The average Bonchev–Trinajstić information content (AvgIpc) is 3.41. The molecule has 1 aliphatic heterocycles. The maximum absolute atomic E-state index is 13.1. The second kappa shape index (κ2) is 8.50. The quantitative estimate of drug-likeness (QED) is 0.456. The molecule has 0 unspecified atom stereocenters. The van der Waals surface area contributed by atoms with Gasteiger partial charge >= 0.3 is 0 Å². The van der Waals surface area contributed by atoms with E-state index in [9.17, 15) is 9.59 Å². The molecule has 1 aliphatic rings. The van der Waals surface area contributed by atoms with Gasteiger partial charge in [-0.05, 0) is 63.4 Å². The third-order valence-corrected chi connectivity index (χ3v) is 5.86. The third kappa shape index (κ3) is 3.97. The summed E-state index contributed by atoms with van der Waals surface area (Å²) in [4.78, 5) is 34.7. The van der Waals surface area contributed by atoms with Gasteiger partial charge in [0.05, 0.1) is 16.6 Å². The summed E-state index contributed by atoms with van der Waals surface area (Å²) >= 11 is 0. The number of nitrogens with one attached hydrogen (secondary N) is 2. The van der Waals surface area contributed by atoms with Gasteiger partial charge in [-0.3, -0.25) is 14.9 Å². The molecule has 0 aliphatic carbocycles. The second-order valence-corrected chi connectivity index (χ2v) is 8.26. The zero-order valence-corrected chi connectivity index (χ0v) is 18.5. The number of imidazole rings is 1. The molecule has 33 heavy (non-hydrogen) atoms. The van der Waals surface area contributed by atoms with E-state index in [-0.39, 0.29) is 17.9 Å². The lowest BCUT2D eigenvalue weighted by atomic mass is 10.1. The minimum atomic E-state index is -0.333. The molecule has 9 heteroatoms. The molecule has 2 amide bonds. The van der Waals surface area contributed by atoms with Crippen LogP contribution in [0.25, 0.3) is 22.5 Å². The SMILES string of the molecule is Cc1noc(-c2cccc3nc4n(c23)[C@@H](C)CCCCNC(=O)c2cccc(c2)C(=O)N4)n1. The van der Waals surface area contributed by atoms with Crippen molar-refractivity contribution in [2.75, 3.05) is 11.9 Å². The van der Waals surface area contributed by atoms with Crippen molar-refractivity contribution in [3.63, 3.8) is 0 Å². The summed E-state index contributed by atoms with van der Waals surface area (Å²) in [5.74, 6) is 0.889. The lowest BCUT2D eigenvalue weighted by molar-refractivity contribution is 0.0953. The van der Waals surface area contributed by atoms with Crippen molar-refractivity contribution in [1.82, 2.24) is 25.0 Å². The van der Waals surface area contributed by atoms with Crippen LogP contribution in [0.1, 0.15) is 58.8 Å². The Hall–Kier alpha value is -4.01. The lowest BCUT2D eigenvalue weighted by Crippen LogP contribution is -2.25. The number of amides is 2. The number of anilines is 1. The van der Waals surface area contributed by atoms with E-state index in [4.69, 9.17) is 9.51 Å². The van der Waals surface area contributed by atoms with Crippen molar-refractivity contribution < 1.29 is 14.1 Å². The van der Waals surface area contributed by atoms with Crippen LogP contribution >= 0.6 is 0 Å². The number of hydrogen-bond acceptors (Lipinski definition) is 6. The van der Waals surface area contributed by atoms with Gasteiger partial charge in [0, 0.05) is 23.7 Å². The summed E-state index contributed by atoms with van der Waals surface area (Å²) in [6.45, 7) is 4.44. The number of aromatic nitrogens is 4. The zero-order chi connectivity index (χ0) is 22.9. The van der Waals surface area contributed by atoms with Crippen molar-refractivity contribution >= 4 is 28.8 Å². The second-order valence-electron chi connectivity index (χ2n) is 8.26. The smallest absolute Gasteiger partial charge is 0.260 e. The Morgan fingerprint density at radius 2 is 1.82 bits per heavy atom. The first-order chi connectivity index (χ1) is 16.0. The highest BCUT2D eigenvalue weighted by atomic mass is 16.5. The van der Waals surface area contributed by atoms with Crippen LogP contribution in [0.2, 0.25) is 0 Å². The predicted octanol–water partition coefficient (Wildman–Crippen LogP) is 4.12. The fraction of sp³-hybridized carbons (Fsp3) is 0.292. The molecule has 0 saturated carbocycles. The molecule has 2 N–H and O–H groups in total. The molecule has 2 aromatic heterocycles. The molecule has 1 atom stereocenters. The number of nitrogens with zero attached hydrogens (tertiary/aromatic N) is 4. The Morgan fingerprint density at radius 1 is 1.03 bits per heavy atom. The van der Waals surface area contributed by atoms with E-state index in [1.54, 1.807) is 31.2 Å². The van der Waals surface area contributed by atoms with Crippen molar-refractivity contribution in [1.29, 1.82) is 0 Å². The van der Waals surface area contributed by atoms with Gasteiger partial charge in [-0.15, -0.1) is 0 Å². The Morgan fingerprint density at radius 3 is 2.61 bits per heavy atom. The minimum absolute atomic E-state index is 0.0282. The van der Waals surface area contributed by atoms with Crippen LogP contribution in [0.3, 0.4) is 0 Å². The Kier molecular flexibility index (Phi) is 5.37. The summed E-state index contributed by atoms with van der Waals surface area (Å²) in [7, 11) is 0. The first-order valence-electron chi connectivity index (χ1n) is 11.0. The van der Waals surface area contributed by atoms with Crippen LogP contribution < -0.4 is 10.6 Å². The summed E-state index contributed by atoms with van der Waals surface area (Å²) in [6, 6.07) is 12.4. The van der Waals surface area contributed by atoms with Crippen LogP contribution in [0, 0.1) is 6.92 Å². The van der Waals surface area contributed by atoms with Crippen LogP contribution in [0.5, 0.6) is 0 Å². The molecule has 2 aromatic carbocycles. The van der Waals surface area contributed by atoms with Gasteiger partial charge < -0.3 is 14.4 Å². The molecule has 4 aromatic rings. The van der Waals surface area contributed by atoms with Gasteiger partial charge in [0.2, 0.25) is 5.95 Å². The highest BCUT2D eigenvalue weighted by Gasteiger charge is 2.23. The Bertz CT molecular complexity index is 1360. The molecule has 168 valence electrons. The molecule has 0 fully saturated rings. The number of carbonyl (C=O) groups excluding carboxylic acids is 2. The number of aryl methyl sites for hydroxylation is 1. The molecule has 3 heterocycles. The summed E-state index contributed by atoms with van der Waals surface area (Å²) in [6.07, 6.45) is 2.59. The summed E-state index contributed by atoms with van der Waals surface area (Å²) in [5, 5.41) is 9.82. The van der Waals surface area contributed by atoms with E-state index < -0.39 is 0 Å². The highest BCUT2D eigenvalue weighted by molar-refractivity contribution is 6.06. The summed E-state index contributed by atoms with van der Waals surface area (Å²) in [5.41, 5.74) is 3.16. The van der Waals surface area contributed by atoms with Crippen molar-refractivity contribution in [3.05, 3.63) is 59.4 Å². The maximum atomic E-state index is 13.1. The van der Waals surface area contributed by atoms with E-state index in [0.717, 1.165) is 35.9 Å². The van der Waals surface area contributed by atoms with E-state index in [1.165, 1.54) is 0 Å². The van der Waals surface area contributed by atoms with Gasteiger partial charge in [0.1, 0.15) is 0 Å². The Labute approximate surface area is 190 Å². The van der Waals surface area contributed by atoms with Crippen LogP contribution in [0.15, 0.2) is 47.0 Å². The van der Waals surface area contributed by atoms with Gasteiger partial charge in [0.15, 0.2) is 5.82 Å².